The smallest absolute Gasteiger partial charge is 0.143 e. The van der Waals surface area contributed by atoms with E-state index in [0.29, 0.717) is 6.54 Å². The molecule has 0 amide bonds. The number of nitrogens with one attached hydrogen (secondary N) is 1. The molecule has 3 aromatic rings. The predicted octanol–water partition coefficient (Wildman–Crippen LogP) is 2.84. The number of H-pyrrole nitrogens is 1. The van der Waals surface area contributed by atoms with E-state index in [4.69, 9.17) is 0 Å². The molecule has 0 saturated carbocycles. The fraction of sp³-hybridized carbons (Fsp3) is 0.438. The average molecular weight is 331 g/mol. The molecule has 3 heterocycles. The van der Waals surface area contributed by atoms with Crippen LogP contribution in [0.1, 0.15) is 37.0 Å². The van der Waals surface area contributed by atoms with Crippen molar-refractivity contribution in [1.82, 2.24) is 19.9 Å². The third kappa shape index (κ3) is 3.07. The minimum Gasteiger partial charge on any atom is -0.383 e. The largest absolute Gasteiger partial charge is 0.383 e. The van der Waals surface area contributed by atoms with Crippen LogP contribution in [-0.2, 0) is 18.6 Å². The highest BCUT2D eigenvalue weighted by atomic mass is 32.1. The lowest BCUT2D eigenvalue weighted by molar-refractivity contribution is 0.0781. The summed E-state index contributed by atoms with van der Waals surface area (Å²) in [5, 5.41) is 13.8. The lowest BCUT2D eigenvalue weighted by Crippen LogP contribution is -2.19. The van der Waals surface area contributed by atoms with Crippen LogP contribution in [0.3, 0.4) is 0 Å². The van der Waals surface area contributed by atoms with Gasteiger partial charge in [0, 0.05) is 18.6 Å². The van der Waals surface area contributed by atoms with Crippen molar-refractivity contribution in [3.63, 3.8) is 0 Å². The van der Waals surface area contributed by atoms with Crippen molar-refractivity contribution in [2.45, 2.75) is 39.3 Å². The number of aliphatic hydroxyl groups is 1. The highest BCUT2D eigenvalue weighted by Crippen LogP contribution is 2.28. The highest BCUT2D eigenvalue weighted by molar-refractivity contribution is 7.09. The van der Waals surface area contributed by atoms with Crippen molar-refractivity contribution in [2.75, 3.05) is 11.9 Å². The molecule has 3 rings (SSSR count). The number of rotatable bonds is 5. The molecule has 122 valence electrons. The first kappa shape index (κ1) is 15.9. The van der Waals surface area contributed by atoms with Crippen LogP contribution in [0.2, 0.25) is 0 Å². The first-order chi connectivity index (χ1) is 10.9. The number of aromatic nitrogens is 4. The number of anilines is 1. The Morgan fingerprint density at radius 3 is 2.78 bits per heavy atom. The van der Waals surface area contributed by atoms with E-state index in [1.807, 2.05) is 18.6 Å². The van der Waals surface area contributed by atoms with Crippen molar-refractivity contribution in [3.05, 3.63) is 34.2 Å². The molecule has 3 aromatic heterocycles. The molecule has 0 aliphatic heterocycles. The zero-order valence-corrected chi connectivity index (χ0v) is 14.6. The summed E-state index contributed by atoms with van der Waals surface area (Å²) in [6.45, 7) is 6.25. The highest BCUT2D eigenvalue weighted by Gasteiger charge is 2.21. The van der Waals surface area contributed by atoms with Gasteiger partial charge in [0.05, 0.1) is 17.6 Å². The van der Waals surface area contributed by atoms with Gasteiger partial charge < -0.3 is 15.0 Å². The van der Waals surface area contributed by atoms with Crippen molar-refractivity contribution in [2.24, 2.45) is 0 Å². The quantitative estimate of drug-likeness (QED) is 0.752. The predicted molar refractivity (Wildman–Crippen MR) is 92.7 cm³/mol. The number of aromatic amines is 1. The van der Waals surface area contributed by atoms with Gasteiger partial charge in [-0.1, -0.05) is 6.92 Å². The van der Waals surface area contributed by atoms with Crippen LogP contribution in [0.15, 0.2) is 17.9 Å². The normalized spacial score (nSPS) is 12.0. The van der Waals surface area contributed by atoms with Crippen molar-refractivity contribution in [3.8, 4) is 0 Å². The molecule has 0 bridgehead atoms. The van der Waals surface area contributed by atoms with E-state index in [9.17, 15) is 5.11 Å². The van der Waals surface area contributed by atoms with Crippen molar-refractivity contribution in [1.29, 1.82) is 0 Å². The second-order valence-corrected chi connectivity index (χ2v) is 7.01. The molecule has 0 saturated heterocycles. The summed E-state index contributed by atoms with van der Waals surface area (Å²) < 4.78 is 0. The molecule has 0 aliphatic rings. The Morgan fingerprint density at radius 2 is 2.13 bits per heavy atom. The van der Waals surface area contributed by atoms with E-state index < -0.39 is 5.60 Å². The topological polar surface area (TPSA) is 77.9 Å². The van der Waals surface area contributed by atoms with Crippen LogP contribution < -0.4 is 4.90 Å². The Kier molecular flexibility index (Phi) is 4.08. The molecule has 0 aromatic carbocycles. The van der Waals surface area contributed by atoms with Gasteiger partial charge >= 0.3 is 0 Å². The SMILES string of the molecule is CCc1c[nH]c2ncnc(N(C)Cc3csc(C(C)(C)O)n3)c12. The maximum absolute atomic E-state index is 10.0. The summed E-state index contributed by atoms with van der Waals surface area (Å²) >= 11 is 1.48. The Labute approximate surface area is 139 Å². The monoisotopic (exact) mass is 331 g/mol. The number of aryl methyl sites for hydroxylation is 1. The van der Waals surface area contributed by atoms with Crippen molar-refractivity contribution < 1.29 is 5.11 Å². The molecule has 0 aliphatic carbocycles. The summed E-state index contributed by atoms with van der Waals surface area (Å²) in [4.78, 5) is 18.6. The lowest BCUT2D eigenvalue weighted by atomic mass is 10.1. The van der Waals surface area contributed by atoms with Crippen LogP contribution in [0.4, 0.5) is 5.82 Å². The second kappa shape index (κ2) is 5.90. The van der Waals surface area contributed by atoms with Crippen LogP contribution in [0, 0.1) is 0 Å². The molecule has 23 heavy (non-hydrogen) atoms. The van der Waals surface area contributed by atoms with E-state index in [1.165, 1.54) is 16.9 Å². The van der Waals surface area contributed by atoms with E-state index >= 15 is 0 Å². The molecule has 6 nitrogen and oxygen atoms in total. The van der Waals surface area contributed by atoms with Gasteiger partial charge in [-0.15, -0.1) is 11.3 Å². The standard InChI is InChI=1S/C16H21N5OS/c1-5-10-6-17-13-12(10)14(19-9-18-13)21(4)7-11-8-23-15(20-11)16(2,3)22/h6,8-9,22H,5,7H2,1-4H3,(H,17,18,19). The van der Waals surface area contributed by atoms with Gasteiger partial charge in [-0.05, 0) is 25.8 Å². The van der Waals surface area contributed by atoms with E-state index in [2.05, 4.69) is 31.8 Å². The lowest BCUT2D eigenvalue weighted by Gasteiger charge is -2.18. The third-order valence-electron chi connectivity index (χ3n) is 3.75. The summed E-state index contributed by atoms with van der Waals surface area (Å²) in [6, 6.07) is 0. The molecule has 0 spiro atoms. The molecule has 0 unspecified atom stereocenters. The maximum Gasteiger partial charge on any atom is 0.143 e. The number of hydrogen-bond donors (Lipinski definition) is 2. The molecular weight excluding hydrogens is 310 g/mol. The molecule has 7 heteroatoms. The summed E-state index contributed by atoms with van der Waals surface area (Å²) in [7, 11) is 2.00. The van der Waals surface area contributed by atoms with E-state index in [-0.39, 0.29) is 0 Å². The Hall–Kier alpha value is -1.99. The maximum atomic E-state index is 10.0. The minimum absolute atomic E-state index is 0.632. The van der Waals surface area contributed by atoms with Gasteiger partial charge in [-0.2, -0.15) is 0 Å². The number of hydrogen-bond acceptors (Lipinski definition) is 6. The van der Waals surface area contributed by atoms with Gasteiger partial charge in [0.25, 0.3) is 0 Å². The Bertz CT molecular complexity index is 817. The van der Waals surface area contributed by atoms with Crippen molar-refractivity contribution >= 4 is 28.2 Å². The Balaban J connectivity index is 1.90. The van der Waals surface area contributed by atoms with Gasteiger partial charge in [0.15, 0.2) is 0 Å². The molecular formula is C16H21N5OS. The van der Waals surface area contributed by atoms with Crippen LogP contribution in [0.5, 0.6) is 0 Å². The average Bonchev–Trinajstić information content (AvgIpc) is 3.12. The minimum atomic E-state index is -0.903. The first-order valence-corrected chi connectivity index (χ1v) is 8.47. The van der Waals surface area contributed by atoms with Crippen LogP contribution in [0.25, 0.3) is 11.0 Å². The number of thiazole rings is 1. The molecule has 2 N–H and O–H groups in total. The summed E-state index contributed by atoms with van der Waals surface area (Å²) in [5.74, 6) is 0.894. The van der Waals surface area contributed by atoms with Gasteiger partial charge in [0.2, 0.25) is 0 Å². The zero-order valence-electron chi connectivity index (χ0n) is 13.8. The van der Waals surface area contributed by atoms with Crippen LogP contribution in [-0.4, -0.2) is 32.1 Å². The summed E-state index contributed by atoms with van der Waals surface area (Å²) in [5.41, 5.74) is 2.08. The van der Waals surface area contributed by atoms with Gasteiger partial charge in [-0.25, -0.2) is 15.0 Å². The molecule has 0 atom stereocenters. The van der Waals surface area contributed by atoms with Gasteiger partial charge in [0.1, 0.15) is 28.4 Å². The fourth-order valence-corrected chi connectivity index (χ4v) is 3.39. The molecule has 0 fully saturated rings. The van der Waals surface area contributed by atoms with Gasteiger partial charge in [-0.3, -0.25) is 0 Å². The van der Waals surface area contributed by atoms with E-state index in [1.54, 1.807) is 20.2 Å². The van der Waals surface area contributed by atoms with E-state index in [0.717, 1.165) is 34.0 Å². The summed E-state index contributed by atoms with van der Waals surface area (Å²) in [6.07, 6.45) is 4.49. The number of nitrogens with zero attached hydrogens (tertiary/aromatic N) is 4. The van der Waals surface area contributed by atoms with Crippen LogP contribution >= 0.6 is 11.3 Å². The molecule has 0 radical (unpaired) electrons. The third-order valence-corrected chi connectivity index (χ3v) is 4.95. The number of fused-ring (bicyclic) bond motifs is 1. The first-order valence-electron chi connectivity index (χ1n) is 7.59. The Morgan fingerprint density at radius 1 is 1.35 bits per heavy atom. The second-order valence-electron chi connectivity index (χ2n) is 6.15. The zero-order chi connectivity index (χ0) is 16.6. The fourth-order valence-electron chi connectivity index (χ4n) is 2.56.